The third-order valence-corrected chi connectivity index (χ3v) is 4.99. The number of hydrogen-bond donors (Lipinski definition) is 1. The van der Waals surface area contributed by atoms with E-state index in [0.29, 0.717) is 5.13 Å². The number of hydrogen-bond acceptors (Lipinski definition) is 4. The molecule has 1 aliphatic carbocycles. The first-order valence-corrected chi connectivity index (χ1v) is 8.48. The second kappa shape index (κ2) is 6.74. The monoisotopic (exact) mass is 340 g/mol. The van der Waals surface area contributed by atoms with Crippen molar-refractivity contribution in [3.8, 4) is 0 Å². The number of nitrogens with zero attached hydrogens (tertiary/aromatic N) is 3. The number of thiazole rings is 1. The van der Waals surface area contributed by atoms with Gasteiger partial charge in [-0.05, 0) is 31.7 Å². The standard InChI is InChI=1S/C15H18F2N4OS/c1-21-11(8-10(20-21)13(16)17)14(22)19-15-18-9-6-4-2-3-5-7-12(9)23-15/h8,13H,2-7H2,1H3,(H,18,19,22). The van der Waals surface area contributed by atoms with E-state index in [1.54, 1.807) is 0 Å². The molecule has 0 fully saturated rings. The molecule has 0 radical (unpaired) electrons. The predicted molar refractivity (Wildman–Crippen MR) is 84.1 cm³/mol. The molecule has 0 aromatic carbocycles. The minimum absolute atomic E-state index is 0.0999. The van der Waals surface area contributed by atoms with Crippen LogP contribution in [0.25, 0.3) is 0 Å². The summed E-state index contributed by atoms with van der Waals surface area (Å²) in [7, 11) is 1.47. The summed E-state index contributed by atoms with van der Waals surface area (Å²) in [5.74, 6) is -0.464. The molecule has 3 rings (SSSR count). The van der Waals surface area contributed by atoms with E-state index in [1.165, 1.54) is 40.8 Å². The van der Waals surface area contributed by atoms with E-state index in [9.17, 15) is 13.6 Å². The number of aromatic nitrogens is 3. The SMILES string of the molecule is Cn1nc(C(F)F)cc1C(=O)Nc1nc2c(s1)CCCCCC2. The summed E-state index contributed by atoms with van der Waals surface area (Å²) in [6.45, 7) is 0. The third-order valence-electron chi connectivity index (χ3n) is 3.92. The van der Waals surface area contributed by atoms with Gasteiger partial charge in [0.25, 0.3) is 12.3 Å². The molecule has 2 aromatic rings. The molecule has 0 bridgehead atoms. The summed E-state index contributed by atoms with van der Waals surface area (Å²) < 4.78 is 26.5. The fraction of sp³-hybridized carbons (Fsp3) is 0.533. The lowest BCUT2D eigenvalue weighted by molar-refractivity contribution is 0.101. The molecule has 1 amide bonds. The number of alkyl halides is 2. The zero-order chi connectivity index (χ0) is 16.4. The van der Waals surface area contributed by atoms with Gasteiger partial charge in [-0.1, -0.05) is 12.8 Å². The molecule has 2 heterocycles. The zero-order valence-corrected chi connectivity index (χ0v) is 13.6. The Balaban J connectivity index is 1.76. The molecule has 2 aromatic heterocycles. The van der Waals surface area contributed by atoms with E-state index in [2.05, 4.69) is 15.4 Å². The second-order valence-corrected chi connectivity index (χ2v) is 6.72. The molecule has 5 nitrogen and oxygen atoms in total. The third kappa shape index (κ3) is 3.57. The van der Waals surface area contributed by atoms with Gasteiger partial charge in [0.1, 0.15) is 11.4 Å². The molecule has 0 aliphatic heterocycles. The van der Waals surface area contributed by atoms with Gasteiger partial charge in [0.2, 0.25) is 0 Å². The maximum atomic E-state index is 12.7. The van der Waals surface area contributed by atoms with Crippen LogP contribution in [-0.4, -0.2) is 20.7 Å². The Bertz CT molecular complexity index is 685. The lowest BCUT2D eigenvalue weighted by atomic mass is 10.0. The molecule has 1 aliphatic rings. The highest BCUT2D eigenvalue weighted by molar-refractivity contribution is 7.15. The summed E-state index contributed by atoms with van der Waals surface area (Å²) in [5.41, 5.74) is 0.759. The number of rotatable bonds is 3. The van der Waals surface area contributed by atoms with E-state index < -0.39 is 18.0 Å². The summed E-state index contributed by atoms with van der Waals surface area (Å²) >= 11 is 1.48. The molecule has 0 spiro atoms. The number of halogens is 2. The van der Waals surface area contributed by atoms with Crippen molar-refractivity contribution >= 4 is 22.4 Å². The minimum Gasteiger partial charge on any atom is -0.296 e. The van der Waals surface area contributed by atoms with Crippen LogP contribution >= 0.6 is 11.3 Å². The van der Waals surface area contributed by atoms with Crippen LogP contribution in [0.4, 0.5) is 13.9 Å². The molecule has 1 N–H and O–H groups in total. The molecule has 0 atom stereocenters. The van der Waals surface area contributed by atoms with Crippen LogP contribution in [0.3, 0.4) is 0 Å². The second-order valence-electron chi connectivity index (χ2n) is 5.64. The Kier molecular flexibility index (Phi) is 4.70. The van der Waals surface area contributed by atoms with Gasteiger partial charge in [-0.25, -0.2) is 13.8 Å². The lowest BCUT2D eigenvalue weighted by Gasteiger charge is -2.06. The van der Waals surface area contributed by atoms with Crippen molar-refractivity contribution in [2.45, 2.75) is 45.0 Å². The quantitative estimate of drug-likeness (QED) is 0.926. The smallest absolute Gasteiger partial charge is 0.282 e. The molecular formula is C15H18F2N4OS. The van der Waals surface area contributed by atoms with Gasteiger partial charge < -0.3 is 0 Å². The molecule has 124 valence electrons. The summed E-state index contributed by atoms with van der Waals surface area (Å²) in [6, 6.07) is 1.11. The number of aryl methyl sites for hydroxylation is 3. The van der Waals surface area contributed by atoms with Gasteiger partial charge in [0.15, 0.2) is 5.13 Å². The normalized spacial score (nSPS) is 15.1. The number of nitrogens with one attached hydrogen (secondary N) is 1. The fourth-order valence-corrected chi connectivity index (χ4v) is 3.77. The van der Waals surface area contributed by atoms with Crippen molar-refractivity contribution in [1.29, 1.82) is 0 Å². The van der Waals surface area contributed by atoms with Gasteiger partial charge in [-0.15, -0.1) is 11.3 Å². The fourth-order valence-electron chi connectivity index (χ4n) is 2.73. The first kappa shape index (κ1) is 16.0. The number of amides is 1. The number of anilines is 1. The maximum absolute atomic E-state index is 12.7. The highest BCUT2D eigenvalue weighted by Crippen LogP contribution is 2.29. The van der Waals surface area contributed by atoms with E-state index in [-0.39, 0.29) is 5.69 Å². The van der Waals surface area contributed by atoms with Gasteiger partial charge in [-0.2, -0.15) is 5.10 Å². The van der Waals surface area contributed by atoms with Crippen LogP contribution in [0, 0.1) is 0 Å². The number of fused-ring (bicyclic) bond motifs is 1. The van der Waals surface area contributed by atoms with Crippen LogP contribution in [-0.2, 0) is 19.9 Å². The van der Waals surface area contributed by atoms with E-state index in [4.69, 9.17) is 0 Å². The predicted octanol–water partition coefficient (Wildman–Crippen LogP) is 3.73. The number of carbonyl (C=O) groups excluding carboxylic acids is 1. The van der Waals surface area contributed by atoms with Crippen molar-refractivity contribution in [3.63, 3.8) is 0 Å². The van der Waals surface area contributed by atoms with Crippen LogP contribution in [0.15, 0.2) is 6.07 Å². The van der Waals surface area contributed by atoms with Gasteiger partial charge in [0, 0.05) is 11.9 Å². The van der Waals surface area contributed by atoms with Crippen molar-refractivity contribution < 1.29 is 13.6 Å². The van der Waals surface area contributed by atoms with Crippen LogP contribution < -0.4 is 5.32 Å². The van der Waals surface area contributed by atoms with Gasteiger partial charge in [0.05, 0.1) is 5.69 Å². The summed E-state index contributed by atoms with van der Waals surface area (Å²) in [4.78, 5) is 18.0. The molecular weight excluding hydrogens is 322 g/mol. The first-order valence-electron chi connectivity index (χ1n) is 7.66. The van der Waals surface area contributed by atoms with Crippen LogP contribution in [0.5, 0.6) is 0 Å². The topological polar surface area (TPSA) is 59.8 Å². The van der Waals surface area contributed by atoms with Gasteiger partial charge in [-0.3, -0.25) is 14.8 Å². The van der Waals surface area contributed by atoms with Crippen molar-refractivity contribution in [2.24, 2.45) is 7.05 Å². The van der Waals surface area contributed by atoms with Crippen molar-refractivity contribution in [3.05, 3.63) is 28.0 Å². The zero-order valence-electron chi connectivity index (χ0n) is 12.8. The molecule has 0 saturated heterocycles. The largest absolute Gasteiger partial charge is 0.296 e. The van der Waals surface area contributed by atoms with Crippen molar-refractivity contribution in [2.75, 3.05) is 5.32 Å². The van der Waals surface area contributed by atoms with Gasteiger partial charge >= 0.3 is 0 Å². The highest BCUT2D eigenvalue weighted by Gasteiger charge is 2.20. The maximum Gasteiger partial charge on any atom is 0.282 e. The Morgan fingerprint density at radius 3 is 2.74 bits per heavy atom. The average Bonchev–Trinajstić information content (AvgIpc) is 3.03. The average molecular weight is 340 g/mol. The number of carbonyl (C=O) groups is 1. The first-order chi connectivity index (χ1) is 11.0. The minimum atomic E-state index is -2.69. The Hall–Kier alpha value is -1.83. The van der Waals surface area contributed by atoms with E-state index >= 15 is 0 Å². The summed E-state index contributed by atoms with van der Waals surface area (Å²) in [5, 5.41) is 6.89. The van der Waals surface area contributed by atoms with Crippen molar-refractivity contribution in [1.82, 2.24) is 14.8 Å². The van der Waals surface area contributed by atoms with E-state index in [1.807, 2.05) is 0 Å². The Morgan fingerprint density at radius 1 is 1.30 bits per heavy atom. The highest BCUT2D eigenvalue weighted by atomic mass is 32.1. The van der Waals surface area contributed by atoms with Crippen LogP contribution in [0.2, 0.25) is 0 Å². The molecule has 8 heteroatoms. The summed E-state index contributed by atoms with van der Waals surface area (Å²) in [6.07, 6.45) is 3.93. The Morgan fingerprint density at radius 2 is 2.04 bits per heavy atom. The Labute approximate surface area is 136 Å². The molecule has 23 heavy (non-hydrogen) atoms. The molecule has 0 saturated carbocycles. The van der Waals surface area contributed by atoms with Crippen LogP contribution in [0.1, 0.15) is 58.9 Å². The lowest BCUT2D eigenvalue weighted by Crippen LogP contribution is -2.15. The molecule has 0 unspecified atom stereocenters. The van der Waals surface area contributed by atoms with E-state index in [0.717, 1.165) is 37.4 Å².